The Labute approximate surface area is 129 Å². The summed E-state index contributed by atoms with van der Waals surface area (Å²) in [4.78, 5) is 25.8. The molecule has 0 aromatic heterocycles. The van der Waals surface area contributed by atoms with E-state index in [4.69, 9.17) is 9.47 Å². The van der Waals surface area contributed by atoms with Gasteiger partial charge in [0, 0.05) is 13.0 Å². The molecular weight excluding hydrogens is 282 g/mol. The number of fused-ring (bicyclic) bond motifs is 1. The SMILES string of the molecule is C=CC[C@H]1C(=O)O[C@@H]2CCN(C(=O)OCc3ccccc3)[C@H]21. The first-order valence-electron chi connectivity index (χ1n) is 7.49. The highest BCUT2D eigenvalue weighted by Crippen LogP contribution is 2.36. The maximum absolute atomic E-state index is 12.3. The van der Waals surface area contributed by atoms with Crippen molar-refractivity contribution in [2.75, 3.05) is 6.54 Å². The number of rotatable bonds is 4. The normalized spacial score (nSPS) is 26.5. The van der Waals surface area contributed by atoms with E-state index in [0.717, 1.165) is 5.56 Å². The zero-order chi connectivity index (χ0) is 15.5. The summed E-state index contributed by atoms with van der Waals surface area (Å²) < 4.78 is 10.7. The van der Waals surface area contributed by atoms with Gasteiger partial charge < -0.3 is 14.4 Å². The quantitative estimate of drug-likeness (QED) is 0.633. The monoisotopic (exact) mass is 301 g/mol. The number of likely N-dealkylation sites (tertiary alicyclic amines) is 1. The van der Waals surface area contributed by atoms with Crippen molar-refractivity contribution in [3.63, 3.8) is 0 Å². The Morgan fingerprint density at radius 2 is 2.18 bits per heavy atom. The van der Waals surface area contributed by atoms with Crippen LogP contribution >= 0.6 is 0 Å². The summed E-state index contributed by atoms with van der Waals surface area (Å²) in [6.07, 6.45) is 2.29. The molecule has 116 valence electrons. The molecule has 1 aromatic rings. The minimum atomic E-state index is -0.385. The van der Waals surface area contributed by atoms with E-state index in [9.17, 15) is 9.59 Å². The molecule has 3 atom stereocenters. The summed E-state index contributed by atoms with van der Waals surface area (Å²) in [7, 11) is 0. The molecule has 0 aliphatic carbocycles. The van der Waals surface area contributed by atoms with Gasteiger partial charge in [-0.05, 0) is 12.0 Å². The second-order valence-corrected chi connectivity index (χ2v) is 5.62. The molecule has 0 saturated carbocycles. The Bertz CT molecular complexity index is 571. The molecule has 0 spiro atoms. The van der Waals surface area contributed by atoms with Gasteiger partial charge in [-0.1, -0.05) is 36.4 Å². The van der Waals surface area contributed by atoms with Crippen molar-refractivity contribution in [1.29, 1.82) is 0 Å². The third kappa shape index (κ3) is 2.71. The van der Waals surface area contributed by atoms with Crippen LogP contribution in [0.15, 0.2) is 43.0 Å². The van der Waals surface area contributed by atoms with Crippen LogP contribution in [0.3, 0.4) is 0 Å². The standard InChI is InChI=1S/C17H19NO4/c1-2-6-13-15-14(22-16(13)19)9-10-18(15)17(20)21-11-12-7-4-3-5-8-12/h2-5,7-8,13-15H,1,6,9-11H2/t13-,14-,15+/m1/s1. The van der Waals surface area contributed by atoms with Gasteiger partial charge in [0.25, 0.3) is 0 Å². The first kappa shape index (κ1) is 14.6. The molecule has 2 aliphatic heterocycles. The molecular formula is C17H19NO4. The van der Waals surface area contributed by atoms with E-state index in [1.54, 1.807) is 11.0 Å². The average Bonchev–Trinajstić information content (AvgIpc) is 3.06. The predicted octanol–water partition coefficient (Wildman–Crippen LogP) is 2.52. The Morgan fingerprint density at radius 3 is 2.91 bits per heavy atom. The second kappa shape index (κ2) is 6.22. The Morgan fingerprint density at radius 1 is 1.41 bits per heavy atom. The number of ether oxygens (including phenoxy) is 2. The van der Waals surface area contributed by atoms with E-state index in [1.165, 1.54) is 0 Å². The van der Waals surface area contributed by atoms with Gasteiger partial charge in [-0.15, -0.1) is 6.58 Å². The molecule has 22 heavy (non-hydrogen) atoms. The molecule has 0 N–H and O–H groups in total. The number of hydrogen-bond acceptors (Lipinski definition) is 4. The van der Waals surface area contributed by atoms with Gasteiger partial charge in [-0.25, -0.2) is 4.79 Å². The number of carbonyl (C=O) groups is 2. The summed E-state index contributed by atoms with van der Waals surface area (Å²) in [5, 5.41) is 0. The Balaban J connectivity index is 1.65. The van der Waals surface area contributed by atoms with Gasteiger partial charge in [-0.3, -0.25) is 4.79 Å². The zero-order valence-electron chi connectivity index (χ0n) is 12.3. The molecule has 0 radical (unpaired) electrons. The summed E-state index contributed by atoms with van der Waals surface area (Å²) in [5.74, 6) is -0.565. The van der Waals surface area contributed by atoms with E-state index in [2.05, 4.69) is 6.58 Å². The number of allylic oxidation sites excluding steroid dienone is 1. The Kier molecular flexibility index (Phi) is 4.13. The minimum absolute atomic E-state index is 0.207. The number of carbonyl (C=O) groups excluding carboxylic acids is 2. The summed E-state index contributed by atoms with van der Waals surface area (Å²) >= 11 is 0. The molecule has 1 amide bonds. The lowest BCUT2D eigenvalue weighted by Crippen LogP contribution is -2.42. The van der Waals surface area contributed by atoms with Crippen LogP contribution in [-0.4, -0.2) is 35.7 Å². The lowest BCUT2D eigenvalue weighted by Gasteiger charge is -2.25. The second-order valence-electron chi connectivity index (χ2n) is 5.62. The largest absolute Gasteiger partial charge is 0.460 e. The molecule has 0 bridgehead atoms. The number of benzene rings is 1. The average molecular weight is 301 g/mol. The first-order chi connectivity index (χ1) is 10.7. The highest BCUT2D eigenvalue weighted by Gasteiger charge is 2.52. The van der Waals surface area contributed by atoms with E-state index >= 15 is 0 Å². The minimum Gasteiger partial charge on any atom is -0.460 e. The van der Waals surface area contributed by atoms with Crippen molar-refractivity contribution in [1.82, 2.24) is 4.90 Å². The van der Waals surface area contributed by atoms with E-state index < -0.39 is 0 Å². The van der Waals surface area contributed by atoms with E-state index in [0.29, 0.717) is 19.4 Å². The fraction of sp³-hybridized carbons (Fsp3) is 0.412. The number of hydrogen-bond donors (Lipinski definition) is 0. The van der Waals surface area contributed by atoms with Gasteiger partial charge in [0.1, 0.15) is 12.7 Å². The third-order valence-corrected chi connectivity index (χ3v) is 4.24. The van der Waals surface area contributed by atoms with Crippen LogP contribution in [0.1, 0.15) is 18.4 Å². The van der Waals surface area contributed by atoms with Crippen molar-refractivity contribution in [3.8, 4) is 0 Å². The molecule has 5 nitrogen and oxygen atoms in total. The third-order valence-electron chi connectivity index (χ3n) is 4.24. The van der Waals surface area contributed by atoms with Crippen molar-refractivity contribution >= 4 is 12.1 Å². The molecule has 2 fully saturated rings. The number of esters is 1. The highest BCUT2D eigenvalue weighted by molar-refractivity contribution is 5.79. The van der Waals surface area contributed by atoms with Crippen LogP contribution in [-0.2, 0) is 20.9 Å². The number of amides is 1. The van der Waals surface area contributed by atoms with Gasteiger partial charge in [-0.2, -0.15) is 0 Å². The summed E-state index contributed by atoms with van der Waals surface area (Å²) in [6, 6.07) is 9.30. The highest BCUT2D eigenvalue weighted by atomic mass is 16.6. The van der Waals surface area contributed by atoms with Crippen LogP contribution in [0.5, 0.6) is 0 Å². The van der Waals surface area contributed by atoms with Crippen LogP contribution < -0.4 is 0 Å². The molecule has 3 rings (SSSR count). The molecule has 2 aliphatic rings. The first-order valence-corrected chi connectivity index (χ1v) is 7.49. The predicted molar refractivity (Wildman–Crippen MR) is 79.9 cm³/mol. The molecule has 1 aromatic carbocycles. The smallest absolute Gasteiger partial charge is 0.410 e. The lowest BCUT2D eigenvalue weighted by molar-refractivity contribution is -0.144. The fourth-order valence-electron chi connectivity index (χ4n) is 3.20. The van der Waals surface area contributed by atoms with Crippen LogP contribution in [0.2, 0.25) is 0 Å². The van der Waals surface area contributed by atoms with Gasteiger partial charge in [0.15, 0.2) is 0 Å². The van der Waals surface area contributed by atoms with Crippen molar-refractivity contribution in [2.45, 2.75) is 31.6 Å². The number of nitrogens with zero attached hydrogens (tertiary/aromatic N) is 1. The van der Waals surface area contributed by atoms with E-state index in [-0.39, 0.29) is 36.7 Å². The maximum Gasteiger partial charge on any atom is 0.410 e. The van der Waals surface area contributed by atoms with Gasteiger partial charge >= 0.3 is 12.1 Å². The lowest BCUT2D eigenvalue weighted by atomic mass is 9.96. The topological polar surface area (TPSA) is 55.8 Å². The van der Waals surface area contributed by atoms with Gasteiger partial charge in [0.05, 0.1) is 12.0 Å². The zero-order valence-corrected chi connectivity index (χ0v) is 12.3. The summed E-state index contributed by atoms with van der Waals surface area (Å²) in [6.45, 7) is 4.47. The Hall–Kier alpha value is -2.30. The molecule has 2 saturated heterocycles. The van der Waals surface area contributed by atoms with Crippen LogP contribution in [0.25, 0.3) is 0 Å². The van der Waals surface area contributed by atoms with Crippen LogP contribution in [0.4, 0.5) is 4.79 Å². The van der Waals surface area contributed by atoms with Crippen molar-refractivity contribution in [2.24, 2.45) is 5.92 Å². The maximum atomic E-state index is 12.3. The molecule has 2 heterocycles. The molecule has 0 unspecified atom stereocenters. The van der Waals surface area contributed by atoms with Crippen LogP contribution in [0, 0.1) is 5.92 Å². The summed E-state index contributed by atoms with van der Waals surface area (Å²) in [5.41, 5.74) is 0.938. The van der Waals surface area contributed by atoms with E-state index in [1.807, 2.05) is 30.3 Å². The van der Waals surface area contributed by atoms with Crippen molar-refractivity contribution < 1.29 is 19.1 Å². The molecule has 5 heteroatoms. The van der Waals surface area contributed by atoms with Crippen molar-refractivity contribution in [3.05, 3.63) is 48.6 Å². The fourth-order valence-corrected chi connectivity index (χ4v) is 3.20. The van der Waals surface area contributed by atoms with Gasteiger partial charge in [0.2, 0.25) is 0 Å².